The van der Waals surface area contributed by atoms with Crippen molar-refractivity contribution in [3.8, 4) is 6.07 Å². The molecule has 5 rings (SSSR count). The SMILES string of the molecule is [C-]#[N+]c1ncc(N2C(=O)[C@H]3C4CC(CN4C(=O)OCCC#N)N3C2=O)c2ccccc12. The third kappa shape index (κ3) is 2.62. The molecule has 2 bridgehead atoms. The molecule has 4 amide bonds. The van der Waals surface area contributed by atoms with Gasteiger partial charge in [-0.15, -0.1) is 4.98 Å². The van der Waals surface area contributed by atoms with E-state index in [2.05, 4.69) is 9.83 Å². The first kappa shape index (κ1) is 18.8. The van der Waals surface area contributed by atoms with Gasteiger partial charge in [-0.05, 0) is 6.42 Å². The van der Waals surface area contributed by atoms with Crippen LogP contribution in [0.3, 0.4) is 0 Å². The molecule has 0 N–H and O–H groups in total. The minimum Gasteiger partial charge on any atom is -0.448 e. The molecule has 0 aliphatic carbocycles. The summed E-state index contributed by atoms with van der Waals surface area (Å²) < 4.78 is 5.12. The number of hydrogen-bond acceptors (Lipinski definition) is 6. The first-order valence-corrected chi connectivity index (χ1v) is 9.78. The van der Waals surface area contributed by atoms with E-state index in [-0.39, 0.29) is 31.4 Å². The van der Waals surface area contributed by atoms with Gasteiger partial charge in [-0.25, -0.2) is 14.5 Å². The Bertz CT molecular complexity index is 1210. The van der Waals surface area contributed by atoms with Crippen LogP contribution < -0.4 is 4.90 Å². The molecular formula is C21H16N6O4. The molecule has 0 saturated carbocycles. The molecule has 10 heteroatoms. The minimum atomic E-state index is -0.783. The van der Waals surface area contributed by atoms with Crippen LogP contribution in [0.1, 0.15) is 12.8 Å². The first-order chi connectivity index (χ1) is 15.1. The Kier molecular flexibility index (Phi) is 4.22. The maximum atomic E-state index is 13.4. The third-order valence-electron chi connectivity index (χ3n) is 6.04. The minimum absolute atomic E-state index is 0.0122. The number of likely N-dealkylation sites (tertiary alicyclic amines) is 1. The Morgan fingerprint density at radius 3 is 2.84 bits per heavy atom. The molecule has 2 aromatic rings. The molecule has 2 unspecified atom stereocenters. The standard InChI is InChI=1S/C21H16N6O4/c1-23-18-14-6-3-2-5-13(14)16(10-24-18)27-19(28)17-15-9-12(26(17)20(27)29)11-25(15)21(30)31-8-4-7-22/h2-3,5-6,10,12,15,17H,4,8-9,11H2/t12?,15?,17-/m1/s1. The van der Waals surface area contributed by atoms with E-state index in [9.17, 15) is 14.4 Å². The van der Waals surface area contributed by atoms with E-state index in [4.69, 9.17) is 16.6 Å². The number of urea groups is 1. The van der Waals surface area contributed by atoms with Crippen LogP contribution in [0.4, 0.5) is 21.1 Å². The number of pyridine rings is 1. The first-order valence-electron chi connectivity index (χ1n) is 9.78. The number of ether oxygens (including phenoxy) is 1. The Balaban J connectivity index is 1.47. The Morgan fingerprint density at radius 1 is 1.32 bits per heavy atom. The van der Waals surface area contributed by atoms with Crippen molar-refractivity contribution in [1.29, 1.82) is 5.26 Å². The molecule has 31 heavy (non-hydrogen) atoms. The number of imide groups is 1. The van der Waals surface area contributed by atoms with Crippen molar-refractivity contribution < 1.29 is 19.1 Å². The Morgan fingerprint density at radius 2 is 2.10 bits per heavy atom. The summed E-state index contributed by atoms with van der Waals surface area (Å²) in [7, 11) is 0. The molecule has 0 radical (unpaired) electrons. The lowest BCUT2D eigenvalue weighted by Gasteiger charge is -2.34. The topological polar surface area (TPSA) is 111 Å². The van der Waals surface area contributed by atoms with Crippen molar-refractivity contribution in [2.24, 2.45) is 0 Å². The number of nitrogens with zero attached hydrogens (tertiary/aromatic N) is 6. The number of aromatic nitrogens is 1. The fourth-order valence-electron chi connectivity index (χ4n) is 4.79. The molecule has 3 atom stereocenters. The molecule has 3 aliphatic heterocycles. The summed E-state index contributed by atoms with van der Waals surface area (Å²) in [5.41, 5.74) is 0.329. The second-order valence-corrected chi connectivity index (χ2v) is 7.56. The van der Waals surface area contributed by atoms with E-state index in [0.717, 1.165) is 4.90 Å². The van der Waals surface area contributed by atoms with Gasteiger partial charge in [0.25, 0.3) is 11.7 Å². The van der Waals surface area contributed by atoms with Gasteiger partial charge in [0.05, 0.1) is 24.6 Å². The summed E-state index contributed by atoms with van der Waals surface area (Å²) >= 11 is 0. The number of carbonyl (C=O) groups is 3. The van der Waals surface area contributed by atoms with Crippen LogP contribution in [0.15, 0.2) is 30.5 Å². The summed E-state index contributed by atoms with van der Waals surface area (Å²) in [6, 6.07) is 6.96. The molecule has 10 nitrogen and oxygen atoms in total. The van der Waals surface area contributed by atoms with Gasteiger partial charge in [0, 0.05) is 17.3 Å². The third-order valence-corrected chi connectivity index (χ3v) is 6.04. The van der Waals surface area contributed by atoms with E-state index in [1.54, 1.807) is 29.2 Å². The zero-order valence-electron chi connectivity index (χ0n) is 16.3. The summed E-state index contributed by atoms with van der Waals surface area (Å²) in [4.78, 5) is 50.7. The maximum Gasteiger partial charge on any atom is 0.410 e. The molecule has 1 aromatic heterocycles. The predicted molar refractivity (Wildman–Crippen MR) is 107 cm³/mol. The van der Waals surface area contributed by atoms with Crippen molar-refractivity contribution in [3.05, 3.63) is 41.9 Å². The highest BCUT2D eigenvalue weighted by Crippen LogP contribution is 2.44. The number of hydrogen-bond donors (Lipinski definition) is 0. The fourth-order valence-corrected chi connectivity index (χ4v) is 4.79. The number of piperazine rings is 1. The van der Waals surface area contributed by atoms with Crippen LogP contribution in [0.2, 0.25) is 0 Å². The molecule has 154 valence electrons. The van der Waals surface area contributed by atoms with Crippen LogP contribution in [-0.2, 0) is 9.53 Å². The van der Waals surface area contributed by atoms with E-state index < -0.39 is 30.1 Å². The zero-order valence-corrected chi connectivity index (χ0v) is 16.3. The Hall–Kier alpha value is -4.18. The number of amides is 4. The number of nitriles is 1. The van der Waals surface area contributed by atoms with Gasteiger partial charge >= 0.3 is 12.1 Å². The highest BCUT2D eigenvalue weighted by molar-refractivity contribution is 6.25. The Labute approximate surface area is 177 Å². The molecule has 3 saturated heterocycles. The van der Waals surface area contributed by atoms with Crippen molar-refractivity contribution >= 4 is 40.3 Å². The van der Waals surface area contributed by atoms with Crippen LogP contribution in [0, 0.1) is 17.9 Å². The van der Waals surface area contributed by atoms with E-state index in [1.165, 1.54) is 11.1 Å². The van der Waals surface area contributed by atoms with E-state index in [0.29, 0.717) is 22.9 Å². The predicted octanol–water partition coefficient (Wildman–Crippen LogP) is 2.43. The lowest BCUT2D eigenvalue weighted by atomic mass is 10.1. The van der Waals surface area contributed by atoms with Crippen molar-refractivity contribution in [2.75, 3.05) is 18.1 Å². The quantitative estimate of drug-likeness (QED) is 0.432. The maximum absolute atomic E-state index is 13.4. The molecule has 3 fully saturated rings. The average molecular weight is 416 g/mol. The van der Waals surface area contributed by atoms with Crippen molar-refractivity contribution in [2.45, 2.75) is 31.0 Å². The highest BCUT2D eigenvalue weighted by atomic mass is 16.6. The van der Waals surface area contributed by atoms with E-state index in [1.807, 2.05) is 6.07 Å². The summed E-state index contributed by atoms with van der Waals surface area (Å²) in [5.74, 6) is -0.222. The number of carbonyl (C=O) groups excluding carboxylic acids is 3. The van der Waals surface area contributed by atoms with Crippen molar-refractivity contribution in [3.63, 3.8) is 0 Å². The van der Waals surface area contributed by atoms with Gasteiger partial charge in [-0.1, -0.05) is 30.8 Å². The zero-order chi connectivity index (χ0) is 21.7. The molecular weight excluding hydrogens is 400 g/mol. The van der Waals surface area contributed by atoms with Crippen LogP contribution >= 0.6 is 0 Å². The lowest BCUT2D eigenvalue weighted by molar-refractivity contribution is -0.121. The number of benzene rings is 1. The second-order valence-electron chi connectivity index (χ2n) is 7.56. The highest BCUT2D eigenvalue weighted by Gasteiger charge is 2.63. The lowest BCUT2D eigenvalue weighted by Crippen LogP contribution is -2.55. The fraction of sp³-hybridized carbons (Fsp3) is 0.333. The number of rotatable bonds is 3. The van der Waals surface area contributed by atoms with Gasteiger partial charge in [-0.3, -0.25) is 4.79 Å². The van der Waals surface area contributed by atoms with Gasteiger partial charge < -0.3 is 19.4 Å². The average Bonchev–Trinajstić information content (AvgIpc) is 3.45. The largest absolute Gasteiger partial charge is 0.448 e. The monoisotopic (exact) mass is 416 g/mol. The van der Waals surface area contributed by atoms with Crippen LogP contribution in [0.25, 0.3) is 15.6 Å². The summed E-state index contributed by atoms with van der Waals surface area (Å²) in [6.45, 7) is 7.59. The van der Waals surface area contributed by atoms with Gasteiger partial charge in [-0.2, -0.15) is 5.26 Å². The van der Waals surface area contributed by atoms with Crippen LogP contribution in [0.5, 0.6) is 0 Å². The van der Waals surface area contributed by atoms with Gasteiger partial charge in [0.1, 0.15) is 24.5 Å². The summed E-state index contributed by atoms with van der Waals surface area (Å²) in [5, 5.41) is 9.76. The molecule has 0 spiro atoms. The number of anilines is 1. The van der Waals surface area contributed by atoms with Crippen molar-refractivity contribution in [1.82, 2.24) is 14.8 Å². The molecule has 3 aliphatic rings. The van der Waals surface area contributed by atoms with Crippen LogP contribution in [-0.4, -0.2) is 64.1 Å². The van der Waals surface area contributed by atoms with Gasteiger partial charge in [0.2, 0.25) is 0 Å². The molecule has 4 heterocycles. The van der Waals surface area contributed by atoms with E-state index >= 15 is 0 Å². The smallest absolute Gasteiger partial charge is 0.410 e. The van der Waals surface area contributed by atoms with Gasteiger partial charge in [0.15, 0.2) is 0 Å². The molecule has 1 aromatic carbocycles. The normalized spacial score (nSPS) is 23.8. The second kappa shape index (κ2) is 6.96. The summed E-state index contributed by atoms with van der Waals surface area (Å²) in [6.07, 6.45) is 1.41. The number of fused-ring (bicyclic) bond motifs is 6.